The molecule has 0 bridgehead atoms. The molecule has 0 radical (unpaired) electrons. The van der Waals surface area contributed by atoms with Crippen molar-refractivity contribution in [2.45, 2.75) is 5.41 Å². The fourth-order valence-electron chi connectivity index (χ4n) is 9.56. The molecule has 0 unspecified atom stereocenters. The van der Waals surface area contributed by atoms with Gasteiger partial charge in [0.15, 0.2) is 0 Å². The van der Waals surface area contributed by atoms with Gasteiger partial charge in [0.2, 0.25) is 0 Å². The van der Waals surface area contributed by atoms with Gasteiger partial charge in [-0.1, -0.05) is 140 Å². The molecule has 8 aromatic carbocycles. The SMILES string of the molecule is C1=CC2(C3=c4cc5c6ccc(-c7cccc8c7sc7ccccc78)cc6c6ccccc6c5cc4=CC3=C1)c1ccccc1-c1ccccc12. The zero-order valence-corrected chi connectivity index (χ0v) is 27.9. The maximum atomic E-state index is 2.52. The molecule has 1 heterocycles. The van der Waals surface area contributed by atoms with E-state index in [1.165, 1.54) is 107 Å². The minimum Gasteiger partial charge on any atom is -0.135 e. The van der Waals surface area contributed by atoms with E-state index in [4.69, 9.17) is 0 Å². The van der Waals surface area contributed by atoms with Crippen molar-refractivity contribution < 1.29 is 0 Å². The van der Waals surface area contributed by atoms with Gasteiger partial charge in [-0.25, -0.2) is 0 Å². The number of hydrogen-bond acceptors (Lipinski definition) is 1. The number of fused-ring (bicyclic) bond motifs is 17. The Hall–Kier alpha value is -6.02. The number of thiophene rings is 1. The van der Waals surface area contributed by atoms with Crippen molar-refractivity contribution >= 4 is 75.5 Å². The van der Waals surface area contributed by atoms with Gasteiger partial charge in [-0.2, -0.15) is 0 Å². The molecule has 1 spiro atoms. The molecule has 230 valence electrons. The average molecular weight is 649 g/mol. The maximum absolute atomic E-state index is 2.52. The number of rotatable bonds is 1. The molecule has 12 rings (SSSR count). The summed E-state index contributed by atoms with van der Waals surface area (Å²) < 4.78 is 2.70. The predicted octanol–water partition coefficient (Wildman–Crippen LogP) is 11.6. The Balaban J connectivity index is 1.18. The third kappa shape index (κ3) is 3.31. The fourth-order valence-corrected chi connectivity index (χ4v) is 10.8. The van der Waals surface area contributed by atoms with Crippen LogP contribution in [0.25, 0.3) is 86.4 Å². The minimum absolute atomic E-state index is 0.324. The Morgan fingerprint density at radius 2 is 1.08 bits per heavy atom. The van der Waals surface area contributed by atoms with E-state index in [1.807, 2.05) is 11.3 Å². The van der Waals surface area contributed by atoms with Crippen molar-refractivity contribution in [3.05, 3.63) is 191 Å². The summed E-state index contributed by atoms with van der Waals surface area (Å²) in [6.45, 7) is 0. The molecule has 1 aromatic heterocycles. The molecule has 0 N–H and O–H groups in total. The molecule has 3 aliphatic carbocycles. The van der Waals surface area contributed by atoms with E-state index in [2.05, 4.69) is 170 Å². The summed E-state index contributed by atoms with van der Waals surface area (Å²) in [7, 11) is 0. The molecule has 50 heavy (non-hydrogen) atoms. The van der Waals surface area contributed by atoms with Gasteiger partial charge in [0, 0.05) is 20.2 Å². The van der Waals surface area contributed by atoms with Crippen molar-refractivity contribution in [3.63, 3.8) is 0 Å². The fraction of sp³-hybridized carbons (Fsp3) is 0.0204. The van der Waals surface area contributed by atoms with Crippen LogP contribution in [0, 0.1) is 0 Å². The second kappa shape index (κ2) is 9.57. The molecular formula is C49H28S. The monoisotopic (exact) mass is 648 g/mol. The third-order valence-electron chi connectivity index (χ3n) is 11.6. The minimum atomic E-state index is -0.324. The summed E-state index contributed by atoms with van der Waals surface area (Å²) in [6, 6.07) is 54.8. The first-order valence-corrected chi connectivity index (χ1v) is 18.2. The van der Waals surface area contributed by atoms with Gasteiger partial charge in [0.25, 0.3) is 0 Å². The Morgan fingerprint density at radius 3 is 1.88 bits per heavy atom. The van der Waals surface area contributed by atoms with Gasteiger partial charge in [-0.15, -0.1) is 11.3 Å². The van der Waals surface area contributed by atoms with E-state index >= 15 is 0 Å². The van der Waals surface area contributed by atoms with E-state index in [9.17, 15) is 0 Å². The van der Waals surface area contributed by atoms with E-state index in [0.29, 0.717) is 0 Å². The molecule has 1 heteroatoms. The van der Waals surface area contributed by atoms with Crippen LogP contribution < -0.4 is 10.4 Å². The van der Waals surface area contributed by atoms with Crippen LogP contribution in [0.3, 0.4) is 0 Å². The Labute approximate surface area is 292 Å². The molecule has 0 aliphatic heterocycles. The molecule has 9 aromatic rings. The van der Waals surface area contributed by atoms with Crippen molar-refractivity contribution in [1.29, 1.82) is 0 Å². The zero-order chi connectivity index (χ0) is 32.6. The summed E-state index contributed by atoms with van der Waals surface area (Å²) in [6.07, 6.45) is 9.46. The number of benzene rings is 8. The highest BCUT2D eigenvalue weighted by molar-refractivity contribution is 7.26. The van der Waals surface area contributed by atoms with Crippen molar-refractivity contribution in [1.82, 2.24) is 0 Å². The van der Waals surface area contributed by atoms with Crippen molar-refractivity contribution in [3.8, 4) is 22.3 Å². The van der Waals surface area contributed by atoms with Gasteiger partial charge in [0.1, 0.15) is 0 Å². The first kappa shape index (κ1) is 26.9. The standard InChI is InChI=1S/C49H28S/c1-2-13-34-33(12-1)41-26-29(32-17-9-18-39-38-16-5-8-21-46(38)50-48(32)39)22-23-35(41)43-28-40-31(27-42(34)43)25-30-11-10-24-49(47(30)40)44-19-6-3-14-36(44)37-15-4-7-20-45(37)49/h1-28H. The second-order valence-corrected chi connectivity index (χ2v) is 15.0. The predicted molar refractivity (Wildman–Crippen MR) is 214 cm³/mol. The summed E-state index contributed by atoms with van der Waals surface area (Å²) >= 11 is 1.90. The molecule has 0 saturated heterocycles. The van der Waals surface area contributed by atoms with E-state index in [1.54, 1.807) is 0 Å². The molecule has 0 amide bonds. The molecule has 0 saturated carbocycles. The third-order valence-corrected chi connectivity index (χ3v) is 12.8. The molecular weight excluding hydrogens is 621 g/mol. The largest absolute Gasteiger partial charge is 0.135 e. The van der Waals surface area contributed by atoms with Crippen LogP contribution in [0.15, 0.2) is 169 Å². The second-order valence-electron chi connectivity index (χ2n) is 14.0. The molecule has 0 nitrogen and oxygen atoms in total. The van der Waals surface area contributed by atoms with Gasteiger partial charge in [0.05, 0.1) is 5.41 Å². The lowest BCUT2D eigenvalue weighted by molar-refractivity contribution is 0.859. The van der Waals surface area contributed by atoms with Crippen LogP contribution in [-0.2, 0) is 5.41 Å². The van der Waals surface area contributed by atoms with Crippen LogP contribution in [0.1, 0.15) is 11.1 Å². The molecule has 0 atom stereocenters. The van der Waals surface area contributed by atoms with Gasteiger partial charge in [-0.3, -0.25) is 0 Å². The first-order chi connectivity index (χ1) is 24.8. The molecule has 3 aliphatic rings. The zero-order valence-electron chi connectivity index (χ0n) is 27.1. The highest BCUT2D eigenvalue weighted by Gasteiger charge is 2.46. The maximum Gasteiger partial charge on any atom is 0.0659 e. The van der Waals surface area contributed by atoms with Crippen molar-refractivity contribution in [2.24, 2.45) is 0 Å². The Bertz CT molecular complexity index is 3160. The van der Waals surface area contributed by atoms with Crippen molar-refractivity contribution in [2.75, 3.05) is 0 Å². The van der Waals surface area contributed by atoms with Crippen LogP contribution in [0.4, 0.5) is 0 Å². The van der Waals surface area contributed by atoms with E-state index in [-0.39, 0.29) is 5.41 Å². The normalized spacial score (nSPS) is 15.1. The average Bonchev–Trinajstić information content (AvgIpc) is 3.83. The molecule has 0 fully saturated rings. The Morgan fingerprint density at radius 1 is 0.460 bits per heavy atom. The number of allylic oxidation sites excluding steroid dienone is 4. The summed E-state index contributed by atoms with van der Waals surface area (Å²) in [5.41, 5.74) is 10.4. The quantitative estimate of drug-likeness (QED) is 0.155. The van der Waals surface area contributed by atoms with E-state index in [0.717, 1.165) is 0 Å². The summed E-state index contributed by atoms with van der Waals surface area (Å²) in [5, 5.41) is 13.2. The van der Waals surface area contributed by atoms with Crippen LogP contribution >= 0.6 is 11.3 Å². The Kier molecular flexibility index (Phi) is 5.14. The van der Waals surface area contributed by atoms with Crippen LogP contribution in [-0.4, -0.2) is 0 Å². The lowest BCUT2D eigenvalue weighted by Crippen LogP contribution is -2.33. The smallest absolute Gasteiger partial charge is 0.0659 e. The number of hydrogen-bond donors (Lipinski definition) is 0. The lowest BCUT2D eigenvalue weighted by Gasteiger charge is -2.34. The van der Waals surface area contributed by atoms with Gasteiger partial charge < -0.3 is 0 Å². The highest BCUT2D eigenvalue weighted by Crippen LogP contribution is 2.57. The van der Waals surface area contributed by atoms with Crippen LogP contribution in [0.5, 0.6) is 0 Å². The summed E-state index contributed by atoms with van der Waals surface area (Å²) in [4.78, 5) is 0. The summed E-state index contributed by atoms with van der Waals surface area (Å²) in [5.74, 6) is 0. The first-order valence-electron chi connectivity index (χ1n) is 17.4. The van der Waals surface area contributed by atoms with Gasteiger partial charge >= 0.3 is 0 Å². The highest BCUT2D eigenvalue weighted by atomic mass is 32.1. The van der Waals surface area contributed by atoms with E-state index < -0.39 is 0 Å². The topological polar surface area (TPSA) is 0 Å². The lowest BCUT2D eigenvalue weighted by atomic mass is 9.67. The van der Waals surface area contributed by atoms with Crippen LogP contribution in [0.2, 0.25) is 0 Å². The van der Waals surface area contributed by atoms with Gasteiger partial charge in [-0.05, 0) is 118 Å².